The van der Waals surface area contributed by atoms with Crippen LogP contribution in [0, 0.1) is 5.92 Å². The van der Waals surface area contributed by atoms with E-state index in [0.29, 0.717) is 11.7 Å². The number of rotatable bonds is 5. The van der Waals surface area contributed by atoms with Crippen LogP contribution in [0.5, 0.6) is 0 Å². The fraction of sp³-hybridized carbons (Fsp3) is 0.933. The highest BCUT2D eigenvalue weighted by Gasteiger charge is 2.26. The van der Waals surface area contributed by atoms with Crippen LogP contribution in [0.4, 0.5) is 0 Å². The number of ketones is 1. The molecule has 1 heterocycles. The van der Waals surface area contributed by atoms with E-state index in [9.17, 15) is 4.79 Å². The quantitative estimate of drug-likeness (QED) is 0.749. The molecule has 1 saturated carbocycles. The molecule has 1 saturated heterocycles. The molecule has 2 aliphatic rings. The van der Waals surface area contributed by atoms with E-state index in [1.54, 1.807) is 0 Å². The van der Waals surface area contributed by atoms with Gasteiger partial charge in [-0.2, -0.15) is 0 Å². The van der Waals surface area contributed by atoms with Gasteiger partial charge in [0.2, 0.25) is 0 Å². The predicted molar refractivity (Wildman–Crippen MR) is 74.7 cm³/mol. The molecular weight excluding hydrogens is 224 g/mol. The average molecular weight is 252 g/mol. The molecule has 0 aromatic heterocycles. The van der Waals surface area contributed by atoms with Crippen LogP contribution in [0.3, 0.4) is 0 Å². The number of carbonyl (C=O) groups excluding carboxylic acids is 1. The SMILES string of the molecule is CCN1CCC(N(C)CCC2CCCC2=O)CC1. The van der Waals surface area contributed by atoms with Crippen LogP contribution < -0.4 is 0 Å². The fourth-order valence-corrected chi connectivity index (χ4v) is 3.41. The Kier molecular flexibility index (Phi) is 5.19. The minimum atomic E-state index is 0.378. The average Bonchev–Trinajstić information content (AvgIpc) is 2.81. The third-order valence-electron chi connectivity index (χ3n) is 4.89. The summed E-state index contributed by atoms with van der Waals surface area (Å²) < 4.78 is 0. The maximum atomic E-state index is 11.6. The van der Waals surface area contributed by atoms with Crippen molar-refractivity contribution >= 4 is 5.78 Å². The molecule has 0 aromatic carbocycles. The zero-order valence-corrected chi connectivity index (χ0v) is 12.0. The molecule has 1 atom stereocenters. The summed E-state index contributed by atoms with van der Waals surface area (Å²) in [6.45, 7) is 7.03. The summed E-state index contributed by atoms with van der Waals surface area (Å²) in [6, 6.07) is 0.740. The second kappa shape index (κ2) is 6.67. The molecule has 1 aliphatic heterocycles. The molecule has 0 spiro atoms. The highest BCUT2D eigenvalue weighted by Crippen LogP contribution is 2.25. The molecule has 0 bridgehead atoms. The predicted octanol–water partition coefficient (Wildman–Crippen LogP) is 2.16. The van der Waals surface area contributed by atoms with Gasteiger partial charge in [-0.1, -0.05) is 6.92 Å². The van der Waals surface area contributed by atoms with E-state index in [2.05, 4.69) is 23.8 Å². The highest BCUT2D eigenvalue weighted by molar-refractivity contribution is 5.82. The van der Waals surface area contributed by atoms with Crippen molar-refractivity contribution in [3.8, 4) is 0 Å². The van der Waals surface area contributed by atoms with Crippen LogP contribution in [-0.4, -0.2) is 54.9 Å². The monoisotopic (exact) mass is 252 g/mol. The molecule has 1 aliphatic carbocycles. The van der Waals surface area contributed by atoms with Gasteiger partial charge in [0.1, 0.15) is 5.78 Å². The molecule has 0 aromatic rings. The van der Waals surface area contributed by atoms with Crippen LogP contribution in [0.1, 0.15) is 45.4 Å². The smallest absolute Gasteiger partial charge is 0.136 e. The van der Waals surface area contributed by atoms with Crippen molar-refractivity contribution in [3.63, 3.8) is 0 Å². The Morgan fingerprint density at radius 1 is 1.28 bits per heavy atom. The molecule has 2 fully saturated rings. The van der Waals surface area contributed by atoms with Gasteiger partial charge < -0.3 is 9.80 Å². The Morgan fingerprint density at radius 3 is 2.56 bits per heavy atom. The van der Waals surface area contributed by atoms with Crippen LogP contribution in [-0.2, 0) is 4.79 Å². The number of carbonyl (C=O) groups is 1. The summed E-state index contributed by atoms with van der Waals surface area (Å²) in [4.78, 5) is 16.7. The summed E-state index contributed by atoms with van der Waals surface area (Å²) >= 11 is 0. The Balaban J connectivity index is 1.68. The molecule has 3 heteroatoms. The van der Waals surface area contributed by atoms with E-state index in [-0.39, 0.29) is 0 Å². The van der Waals surface area contributed by atoms with E-state index in [1.807, 2.05) is 0 Å². The van der Waals surface area contributed by atoms with E-state index >= 15 is 0 Å². The second-order valence-electron chi connectivity index (χ2n) is 5.99. The molecular formula is C15H28N2O. The van der Waals surface area contributed by atoms with Crippen LogP contribution >= 0.6 is 0 Å². The standard InChI is InChI=1S/C15H28N2O/c1-3-17-11-8-14(9-12-17)16(2)10-7-13-5-4-6-15(13)18/h13-14H,3-12H2,1-2H3. The lowest BCUT2D eigenvalue weighted by Gasteiger charge is -2.36. The van der Waals surface area contributed by atoms with Gasteiger partial charge in [-0.05, 0) is 65.3 Å². The number of nitrogens with zero attached hydrogens (tertiary/aromatic N) is 2. The molecule has 104 valence electrons. The van der Waals surface area contributed by atoms with Crippen LogP contribution in [0.25, 0.3) is 0 Å². The van der Waals surface area contributed by atoms with Crippen molar-refractivity contribution in [2.24, 2.45) is 5.92 Å². The lowest BCUT2D eigenvalue weighted by molar-refractivity contribution is -0.120. The van der Waals surface area contributed by atoms with E-state index < -0.39 is 0 Å². The molecule has 0 amide bonds. The van der Waals surface area contributed by atoms with Gasteiger partial charge >= 0.3 is 0 Å². The number of likely N-dealkylation sites (tertiary alicyclic amines) is 1. The molecule has 2 rings (SSSR count). The van der Waals surface area contributed by atoms with Crippen molar-refractivity contribution in [1.29, 1.82) is 0 Å². The fourth-order valence-electron chi connectivity index (χ4n) is 3.41. The van der Waals surface area contributed by atoms with Gasteiger partial charge in [0.05, 0.1) is 0 Å². The maximum Gasteiger partial charge on any atom is 0.136 e. The second-order valence-corrected chi connectivity index (χ2v) is 5.99. The Labute approximate surface area is 112 Å². The van der Waals surface area contributed by atoms with E-state index in [1.165, 1.54) is 32.5 Å². The first-order valence-corrected chi connectivity index (χ1v) is 7.66. The number of hydrogen-bond acceptors (Lipinski definition) is 3. The Hall–Kier alpha value is -0.410. The summed E-state index contributed by atoms with van der Waals surface area (Å²) in [7, 11) is 2.24. The lowest BCUT2D eigenvalue weighted by Crippen LogP contribution is -2.43. The van der Waals surface area contributed by atoms with Crippen molar-refractivity contribution < 1.29 is 4.79 Å². The van der Waals surface area contributed by atoms with Gasteiger partial charge in [-0.15, -0.1) is 0 Å². The summed E-state index contributed by atoms with van der Waals surface area (Å²) in [6.07, 6.45) is 6.78. The zero-order chi connectivity index (χ0) is 13.0. The van der Waals surface area contributed by atoms with Crippen molar-refractivity contribution in [2.75, 3.05) is 33.2 Å². The van der Waals surface area contributed by atoms with Gasteiger partial charge in [0.15, 0.2) is 0 Å². The van der Waals surface area contributed by atoms with Crippen LogP contribution in [0.15, 0.2) is 0 Å². The summed E-state index contributed by atoms with van der Waals surface area (Å²) in [5.41, 5.74) is 0. The van der Waals surface area contributed by atoms with Gasteiger partial charge in [0.25, 0.3) is 0 Å². The van der Waals surface area contributed by atoms with Gasteiger partial charge in [0, 0.05) is 18.4 Å². The molecule has 0 N–H and O–H groups in total. The lowest BCUT2D eigenvalue weighted by atomic mass is 10.00. The van der Waals surface area contributed by atoms with E-state index in [4.69, 9.17) is 0 Å². The third-order valence-corrected chi connectivity index (χ3v) is 4.89. The normalized spacial score (nSPS) is 27.3. The first-order chi connectivity index (χ1) is 8.70. The highest BCUT2D eigenvalue weighted by atomic mass is 16.1. The number of Topliss-reactive ketones (excluding diaryl/α,β-unsaturated/α-hetero) is 1. The van der Waals surface area contributed by atoms with Crippen molar-refractivity contribution in [1.82, 2.24) is 9.80 Å². The van der Waals surface area contributed by atoms with Gasteiger partial charge in [-0.3, -0.25) is 4.79 Å². The first kappa shape index (κ1) is 14.0. The zero-order valence-electron chi connectivity index (χ0n) is 12.0. The van der Waals surface area contributed by atoms with Crippen LogP contribution in [0.2, 0.25) is 0 Å². The number of piperidine rings is 1. The Morgan fingerprint density at radius 2 is 2.00 bits per heavy atom. The maximum absolute atomic E-state index is 11.6. The third kappa shape index (κ3) is 3.55. The number of hydrogen-bond donors (Lipinski definition) is 0. The molecule has 18 heavy (non-hydrogen) atoms. The Bertz CT molecular complexity index is 272. The molecule has 1 unspecified atom stereocenters. The molecule has 0 radical (unpaired) electrons. The summed E-state index contributed by atoms with van der Waals surface area (Å²) in [5.74, 6) is 0.896. The topological polar surface area (TPSA) is 23.6 Å². The van der Waals surface area contributed by atoms with Gasteiger partial charge in [-0.25, -0.2) is 0 Å². The van der Waals surface area contributed by atoms with E-state index in [0.717, 1.165) is 38.3 Å². The van der Waals surface area contributed by atoms with Crippen molar-refractivity contribution in [3.05, 3.63) is 0 Å². The van der Waals surface area contributed by atoms with Crippen molar-refractivity contribution in [2.45, 2.75) is 51.5 Å². The minimum absolute atomic E-state index is 0.378. The summed E-state index contributed by atoms with van der Waals surface area (Å²) in [5, 5.41) is 0. The molecule has 3 nitrogen and oxygen atoms in total. The minimum Gasteiger partial charge on any atom is -0.303 e. The first-order valence-electron chi connectivity index (χ1n) is 7.66. The largest absolute Gasteiger partial charge is 0.303 e.